The van der Waals surface area contributed by atoms with Crippen molar-refractivity contribution in [3.05, 3.63) is 11.3 Å². The van der Waals surface area contributed by atoms with Crippen molar-refractivity contribution in [2.45, 2.75) is 33.6 Å². The van der Waals surface area contributed by atoms with Crippen LogP contribution in [0.1, 0.15) is 33.6 Å². The van der Waals surface area contributed by atoms with E-state index in [2.05, 4.69) is 11.9 Å². The Bertz CT molecular complexity index is 279. The highest BCUT2D eigenvalue weighted by atomic mass is 16.2. The van der Waals surface area contributed by atoms with Crippen molar-refractivity contribution in [1.82, 2.24) is 4.90 Å². The number of carbonyl (C=O) groups is 1. The van der Waals surface area contributed by atoms with E-state index < -0.39 is 0 Å². The molecule has 3 nitrogen and oxygen atoms in total. The van der Waals surface area contributed by atoms with Crippen molar-refractivity contribution < 1.29 is 4.79 Å². The van der Waals surface area contributed by atoms with E-state index in [-0.39, 0.29) is 5.91 Å². The summed E-state index contributed by atoms with van der Waals surface area (Å²) in [5, 5.41) is 0. The van der Waals surface area contributed by atoms with Crippen molar-refractivity contribution >= 4 is 12.1 Å². The number of aliphatic imine (C=N–C) groups is 1. The van der Waals surface area contributed by atoms with Crippen LogP contribution in [-0.2, 0) is 4.79 Å². The van der Waals surface area contributed by atoms with E-state index in [0.717, 1.165) is 18.7 Å². The Balaban J connectivity index is 2.72. The zero-order chi connectivity index (χ0) is 10.6. The van der Waals surface area contributed by atoms with Gasteiger partial charge in [-0.15, -0.1) is 0 Å². The minimum atomic E-state index is 0.223. The predicted molar refractivity (Wildman–Crippen MR) is 58.4 cm³/mol. The Morgan fingerprint density at radius 1 is 1.64 bits per heavy atom. The molecule has 0 saturated carbocycles. The molecule has 78 valence electrons. The van der Waals surface area contributed by atoms with Gasteiger partial charge >= 0.3 is 0 Å². The topological polar surface area (TPSA) is 32.7 Å². The monoisotopic (exact) mass is 194 g/mol. The minimum absolute atomic E-state index is 0.223. The molecular weight excluding hydrogens is 176 g/mol. The van der Waals surface area contributed by atoms with Crippen LogP contribution in [0, 0.1) is 0 Å². The highest BCUT2D eigenvalue weighted by molar-refractivity contribution is 5.76. The molecule has 1 heterocycles. The highest BCUT2D eigenvalue weighted by Crippen LogP contribution is 2.18. The summed E-state index contributed by atoms with van der Waals surface area (Å²) in [5.41, 5.74) is 2.36. The maximum atomic E-state index is 11.5. The second-order valence-corrected chi connectivity index (χ2v) is 3.53. The average Bonchev–Trinajstić information content (AvgIpc) is 2.20. The molecule has 1 rings (SSSR count). The van der Waals surface area contributed by atoms with E-state index >= 15 is 0 Å². The third-order valence-electron chi connectivity index (χ3n) is 2.53. The number of hydrogen-bond acceptors (Lipinski definition) is 2. The third kappa shape index (κ3) is 2.44. The maximum absolute atomic E-state index is 11.5. The maximum Gasteiger partial charge on any atom is 0.222 e. The van der Waals surface area contributed by atoms with Crippen LogP contribution in [0.25, 0.3) is 0 Å². The van der Waals surface area contributed by atoms with E-state index in [0.29, 0.717) is 13.0 Å². The summed E-state index contributed by atoms with van der Waals surface area (Å²) in [7, 11) is 0. The molecule has 1 aliphatic heterocycles. The smallest absolute Gasteiger partial charge is 0.222 e. The number of amides is 1. The van der Waals surface area contributed by atoms with Gasteiger partial charge in [0.1, 0.15) is 0 Å². The minimum Gasteiger partial charge on any atom is -0.336 e. The van der Waals surface area contributed by atoms with Crippen LogP contribution in [0.3, 0.4) is 0 Å². The molecule has 0 fully saturated rings. The average molecular weight is 194 g/mol. The van der Waals surface area contributed by atoms with Crippen molar-refractivity contribution in [2.75, 3.05) is 13.1 Å². The molecule has 0 saturated heterocycles. The van der Waals surface area contributed by atoms with E-state index in [1.54, 1.807) is 6.21 Å². The van der Waals surface area contributed by atoms with Gasteiger partial charge in [-0.2, -0.15) is 0 Å². The lowest BCUT2D eigenvalue weighted by molar-refractivity contribution is -0.130. The number of nitrogens with zero attached hydrogens (tertiary/aromatic N) is 2. The normalized spacial score (nSPS) is 18.1. The second-order valence-electron chi connectivity index (χ2n) is 3.53. The molecular formula is C11H18N2O. The molecule has 0 aromatic rings. The van der Waals surface area contributed by atoms with Gasteiger partial charge in [0.15, 0.2) is 0 Å². The van der Waals surface area contributed by atoms with Crippen LogP contribution in [-0.4, -0.2) is 30.1 Å². The van der Waals surface area contributed by atoms with Crippen molar-refractivity contribution in [1.29, 1.82) is 0 Å². The summed E-state index contributed by atoms with van der Waals surface area (Å²) >= 11 is 0. The molecule has 0 N–H and O–H groups in total. The summed E-state index contributed by atoms with van der Waals surface area (Å²) in [6.07, 6.45) is 3.33. The zero-order valence-corrected chi connectivity index (χ0v) is 9.21. The van der Waals surface area contributed by atoms with Gasteiger partial charge in [0.25, 0.3) is 0 Å². The standard InChI is InChI=1S/C11H18N2O/c1-4-11(14)13-7-6-9(3)10(8-13)12-5-2/h5H,4,6-8H2,1-3H3. The third-order valence-corrected chi connectivity index (χ3v) is 2.53. The molecule has 0 unspecified atom stereocenters. The molecule has 0 atom stereocenters. The van der Waals surface area contributed by atoms with Gasteiger partial charge in [-0.25, -0.2) is 0 Å². The summed E-state index contributed by atoms with van der Waals surface area (Å²) in [6.45, 7) is 7.43. The van der Waals surface area contributed by atoms with Gasteiger partial charge < -0.3 is 4.90 Å². The largest absolute Gasteiger partial charge is 0.336 e. The first-order valence-corrected chi connectivity index (χ1v) is 5.14. The molecule has 0 aromatic carbocycles. The van der Waals surface area contributed by atoms with Crippen molar-refractivity contribution in [3.63, 3.8) is 0 Å². The lowest BCUT2D eigenvalue weighted by Crippen LogP contribution is -2.36. The molecule has 0 spiro atoms. The molecule has 1 aliphatic rings. The van der Waals surface area contributed by atoms with E-state index in [9.17, 15) is 4.79 Å². The summed E-state index contributed by atoms with van der Waals surface area (Å²) < 4.78 is 0. The molecule has 0 bridgehead atoms. The molecule has 1 amide bonds. The fourth-order valence-corrected chi connectivity index (χ4v) is 1.59. The Labute approximate surface area is 85.5 Å². The molecule has 0 radical (unpaired) electrons. The van der Waals surface area contributed by atoms with Crippen molar-refractivity contribution in [2.24, 2.45) is 4.99 Å². The quantitative estimate of drug-likeness (QED) is 0.619. The Morgan fingerprint density at radius 3 is 2.93 bits per heavy atom. The SMILES string of the molecule is CC=NC1=C(C)CCN(C(=O)CC)C1. The first kappa shape index (κ1) is 11.0. The van der Waals surface area contributed by atoms with Crippen LogP contribution in [0.4, 0.5) is 0 Å². The van der Waals surface area contributed by atoms with Gasteiger partial charge in [-0.3, -0.25) is 9.79 Å². The molecule has 3 heteroatoms. The van der Waals surface area contributed by atoms with Crippen LogP contribution in [0.2, 0.25) is 0 Å². The summed E-state index contributed by atoms with van der Waals surface area (Å²) in [4.78, 5) is 17.7. The fraction of sp³-hybridized carbons (Fsp3) is 0.636. The van der Waals surface area contributed by atoms with Crippen LogP contribution in [0.5, 0.6) is 0 Å². The summed E-state index contributed by atoms with van der Waals surface area (Å²) in [5.74, 6) is 0.223. The van der Waals surface area contributed by atoms with E-state index in [4.69, 9.17) is 0 Å². The first-order chi connectivity index (χ1) is 6.69. The van der Waals surface area contributed by atoms with Crippen LogP contribution in [0.15, 0.2) is 16.3 Å². The Morgan fingerprint density at radius 2 is 2.36 bits per heavy atom. The van der Waals surface area contributed by atoms with Gasteiger partial charge in [0.05, 0.1) is 12.2 Å². The first-order valence-electron chi connectivity index (χ1n) is 5.14. The number of carbonyl (C=O) groups excluding carboxylic acids is 1. The lowest BCUT2D eigenvalue weighted by atomic mass is 10.1. The fourth-order valence-electron chi connectivity index (χ4n) is 1.59. The lowest BCUT2D eigenvalue weighted by Gasteiger charge is -2.27. The number of rotatable bonds is 2. The Kier molecular flexibility index (Phi) is 3.86. The highest BCUT2D eigenvalue weighted by Gasteiger charge is 2.18. The summed E-state index contributed by atoms with van der Waals surface area (Å²) in [6, 6.07) is 0. The van der Waals surface area contributed by atoms with Gasteiger partial charge in [0.2, 0.25) is 5.91 Å². The molecule has 0 aromatic heterocycles. The zero-order valence-electron chi connectivity index (χ0n) is 9.21. The van der Waals surface area contributed by atoms with Gasteiger partial charge in [-0.05, 0) is 25.8 Å². The number of hydrogen-bond donors (Lipinski definition) is 0. The van der Waals surface area contributed by atoms with Crippen molar-refractivity contribution in [3.8, 4) is 0 Å². The Hall–Kier alpha value is -1.12. The van der Waals surface area contributed by atoms with Gasteiger partial charge in [-0.1, -0.05) is 6.92 Å². The second kappa shape index (κ2) is 4.94. The van der Waals surface area contributed by atoms with E-state index in [1.807, 2.05) is 18.7 Å². The molecule has 0 aliphatic carbocycles. The van der Waals surface area contributed by atoms with E-state index in [1.165, 1.54) is 5.57 Å². The predicted octanol–water partition coefficient (Wildman–Crippen LogP) is 1.99. The van der Waals surface area contributed by atoms with Crippen LogP contribution >= 0.6 is 0 Å². The van der Waals surface area contributed by atoms with Gasteiger partial charge in [0, 0.05) is 19.2 Å². The van der Waals surface area contributed by atoms with Crippen LogP contribution < -0.4 is 0 Å². The molecule has 14 heavy (non-hydrogen) atoms.